The first kappa shape index (κ1) is 20.9. The van der Waals surface area contributed by atoms with Crippen molar-refractivity contribution in [3.05, 3.63) is 47.1 Å². The van der Waals surface area contributed by atoms with Crippen molar-refractivity contribution in [1.82, 2.24) is 9.88 Å². The summed E-state index contributed by atoms with van der Waals surface area (Å²) in [5.74, 6) is 0.253. The first-order chi connectivity index (χ1) is 13.0. The highest BCUT2D eigenvalue weighted by Crippen LogP contribution is 2.26. The average Bonchev–Trinajstić information content (AvgIpc) is 2.62. The van der Waals surface area contributed by atoms with Crippen LogP contribution in [0.2, 0.25) is 0 Å². The van der Waals surface area contributed by atoms with Crippen LogP contribution in [-0.4, -0.2) is 47.6 Å². The lowest BCUT2D eigenvalue weighted by Crippen LogP contribution is -2.36. The molecule has 2 aromatic rings. The Morgan fingerprint density at radius 2 is 1.89 bits per heavy atom. The first-order valence-corrected chi connectivity index (χ1v) is 9.74. The molecule has 0 bridgehead atoms. The summed E-state index contributed by atoms with van der Waals surface area (Å²) in [4.78, 5) is 30.8. The summed E-state index contributed by atoms with van der Waals surface area (Å²) in [6.07, 6.45) is 1.59. The number of benzene rings is 1. The summed E-state index contributed by atoms with van der Waals surface area (Å²) in [5.41, 5.74) is 0.652. The topological polar surface area (TPSA) is 98.1 Å². The Morgan fingerprint density at radius 3 is 2.56 bits per heavy atom. The maximum atomic E-state index is 12.2. The molecule has 0 unspecified atom stereocenters. The Morgan fingerprint density at radius 1 is 1.19 bits per heavy atom. The van der Waals surface area contributed by atoms with E-state index in [0.29, 0.717) is 17.3 Å². The zero-order valence-electron chi connectivity index (χ0n) is 14.6. The summed E-state index contributed by atoms with van der Waals surface area (Å²) >= 11 is 4.64. The molecule has 27 heavy (non-hydrogen) atoms. The van der Waals surface area contributed by atoms with Gasteiger partial charge in [-0.05, 0) is 47.2 Å². The van der Waals surface area contributed by atoms with Gasteiger partial charge in [-0.3, -0.25) is 14.5 Å². The van der Waals surface area contributed by atoms with Crippen LogP contribution in [0.1, 0.15) is 0 Å². The summed E-state index contributed by atoms with van der Waals surface area (Å²) in [5, 5.41) is 14.2. The Hall–Kier alpha value is -2.41. The predicted octanol–water partition coefficient (Wildman–Crippen LogP) is 2.97. The molecule has 7 nitrogen and oxygen atoms in total. The molecule has 0 fully saturated rings. The number of anilines is 2. The summed E-state index contributed by atoms with van der Waals surface area (Å²) < 4.78 is 0.822. The number of amides is 2. The molecule has 140 valence electrons. The zero-order valence-corrected chi connectivity index (χ0v) is 17.0. The van der Waals surface area contributed by atoms with E-state index in [0.717, 1.165) is 9.37 Å². The monoisotopic (exact) mass is 447 g/mol. The van der Waals surface area contributed by atoms with Crippen LogP contribution in [0.4, 0.5) is 11.5 Å². The van der Waals surface area contributed by atoms with Crippen molar-refractivity contribution in [2.45, 2.75) is 4.90 Å². The van der Waals surface area contributed by atoms with E-state index < -0.39 is 0 Å². The Balaban J connectivity index is 1.84. The lowest BCUT2D eigenvalue weighted by Gasteiger charge is -2.16. The van der Waals surface area contributed by atoms with Crippen LogP contribution in [0.3, 0.4) is 0 Å². The molecule has 0 radical (unpaired) electrons. The molecule has 2 rings (SSSR count). The van der Waals surface area contributed by atoms with Gasteiger partial charge in [-0.1, -0.05) is 12.1 Å². The Labute approximate surface area is 170 Å². The van der Waals surface area contributed by atoms with E-state index >= 15 is 0 Å². The van der Waals surface area contributed by atoms with Crippen LogP contribution < -0.4 is 10.6 Å². The number of carbonyl (C=O) groups excluding carboxylic acids is 2. The number of likely N-dealkylation sites (N-methyl/N-ethyl adjacent to an activating group) is 1. The van der Waals surface area contributed by atoms with E-state index in [-0.39, 0.29) is 24.9 Å². The summed E-state index contributed by atoms with van der Waals surface area (Å²) in [6.45, 7) is 0.106. The van der Waals surface area contributed by atoms with Crippen LogP contribution in [0.15, 0.2) is 52.0 Å². The van der Waals surface area contributed by atoms with E-state index in [9.17, 15) is 9.59 Å². The molecule has 0 aliphatic heterocycles. The Kier molecular flexibility index (Phi) is 8.26. The molecule has 9 heteroatoms. The third kappa shape index (κ3) is 7.38. The van der Waals surface area contributed by atoms with Crippen LogP contribution >= 0.6 is 27.7 Å². The summed E-state index contributed by atoms with van der Waals surface area (Å²) in [6, 6.07) is 12.8. The highest BCUT2D eigenvalue weighted by Gasteiger charge is 2.13. The first-order valence-electron chi connectivity index (χ1n) is 7.96. The number of hydrogen-bond donors (Lipinski definition) is 2. The van der Waals surface area contributed by atoms with Crippen LogP contribution in [-0.2, 0) is 9.59 Å². The van der Waals surface area contributed by atoms with E-state index in [1.54, 1.807) is 36.3 Å². The fraction of sp³-hybridized carbons (Fsp3) is 0.222. The van der Waals surface area contributed by atoms with Gasteiger partial charge in [0, 0.05) is 15.6 Å². The van der Waals surface area contributed by atoms with Gasteiger partial charge >= 0.3 is 0 Å². The number of rotatable bonds is 8. The highest BCUT2D eigenvalue weighted by atomic mass is 79.9. The Bertz CT molecular complexity index is 838. The smallest absolute Gasteiger partial charge is 0.239 e. The fourth-order valence-corrected chi connectivity index (χ4v) is 3.08. The number of nitrogens with zero attached hydrogens (tertiary/aromatic N) is 3. The van der Waals surface area contributed by atoms with Gasteiger partial charge in [-0.15, -0.1) is 11.8 Å². The van der Waals surface area contributed by atoms with Gasteiger partial charge in [0.25, 0.3) is 0 Å². The number of halogens is 1. The van der Waals surface area contributed by atoms with E-state index in [2.05, 4.69) is 37.6 Å². The molecule has 1 aromatic carbocycles. The van der Waals surface area contributed by atoms with Crippen molar-refractivity contribution in [2.75, 3.05) is 36.5 Å². The standard InChI is InChI=1S/C18H18BrN5O2S/c1-24(12-18(26)23-16-7-6-13(19)10-21-16)11-17(25)22-14-4-2-3-5-15(14)27-9-8-20/h2-7,10H,9,11-12H2,1H3,(H,22,25)(H,21,23,26). The molecular formula is C18H18BrN5O2S. The van der Waals surface area contributed by atoms with Gasteiger partial charge in [0.2, 0.25) is 11.8 Å². The minimum absolute atomic E-state index is 0.0516. The lowest BCUT2D eigenvalue weighted by molar-refractivity contribution is -0.119. The van der Waals surface area contributed by atoms with E-state index in [1.165, 1.54) is 11.8 Å². The molecule has 2 amide bonds. The largest absolute Gasteiger partial charge is 0.324 e. The second-order valence-corrected chi connectivity index (χ2v) is 7.51. The number of carbonyl (C=O) groups is 2. The fourth-order valence-electron chi connectivity index (χ4n) is 2.17. The number of pyridine rings is 1. The third-order valence-electron chi connectivity index (χ3n) is 3.28. The molecule has 1 aromatic heterocycles. The third-order valence-corrected chi connectivity index (χ3v) is 4.68. The minimum Gasteiger partial charge on any atom is -0.324 e. The van der Waals surface area contributed by atoms with E-state index in [4.69, 9.17) is 5.26 Å². The van der Waals surface area contributed by atoms with Crippen molar-refractivity contribution in [2.24, 2.45) is 0 Å². The van der Waals surface area contributed by atoms with Gasteiger partial charge < -0.3 is 10.6 Å². The molecule has 1 heterocycles. The normalized spacial score (nSPS) is 10.3. The van der Waals surface area contributed by atoms with Gasteiger partial charge in [-0.2, -0.15) is 5.26 Å². The molecule has 0 aliphatic carbocycles. The zero-order chi connectivity index (χ0) is 19.6. The van der Waals surface area contributed by atoms with Crippen molar-refractivity contribution in [3.8, 4) is 6.07 Å². The second kappa shape index (κ2) is 10.7. The number of thioether (sulfide) groups is 1. The molecule has 0 saturated heterocycles. The SMILES string of the molecule is CN(CC(=O)Nc1ccc(Br)cn1)CC(=O)Nc1ccccc1SCC#N. The molecule has 0 saturated carbocycles. The van der Waals surface area contributed by atoms with Crippen LogP contribution in [0.25, 0.3) is 0 Å². The highest BCUT2D eigenvalue weighted by molar-refractivity contribution is 9.10. The van der Waals surface area contributed by atoms with Gasteiger partial charge in [-0.25, -0.2) is 4.98 Å². The molecule has 0 aliphatic rings. The predicted molar refractivity (Wildman–Crippen MR) is 109 cm³/mol. The van der Waals surface area contributed by atoms with Crippen molar-refractivity contribution in [1.29, 1.82) is 5.26 Å². The average molecular weight is 448 g/mol. The lowest BCUT2D eigenvalue weighted by atomic mass is 10.3. The number of nitrogens with one attached hydrogen (secondary N) is 2. The molecule has 0 spiro atoms. The minimum atomic E-state index is -0.259. The van der Waals surface area contributed by atoms with Crippen molar-refractivity contribution >= 4 is 51.0 Å². The molecular weight excluding hydrogens is 430 g/mol. The van der Waals surface area contributed by atoms with Gasteiger partial charge in [0.05, 0.1) is 30.6 Å². The number of hydrogen-bond acceptors (Lipinski definition) is 6. The van der Waals surface area contributed by atoms with Gasteiger partial charge in [0.1, 0.15) is 5.82 Å². The quantitative estimate of drug-likeness (QED) is 0.603. The second-order valence-electron chi connectivity index (χ2n) is 5.57. The van der Waals surface area contributed by atoms with Crippen molar-refractivity contribution in [3.63, 3.8) is 0 Å². The summed E-state index contributed by atoms with van der Waals surface area (Å²) in [7, 11) is 1.69. The van der Waals surface area contributed by atoms with Crippen LogP contribution in [0, 0.1) is 11.3 Å². The maximum Gasteiger partial charge on any atom is 0.239 e. The molecule has 0 atom stereocenters. The molecule has 2 N–H and O–H groups in total. The van der Waals surface area contributed by atoms with Crippen LogP contribution in [0.5, 0.6) is 0 Å². The number of nitriles is 1. The number of para-hydroxylation sites is 1. The van der Waals surface area contributed by atoms with E-state index in [1.807, 2.05) is 18.2 Å². The van der Waals surface area contributed by atoms with Gasteiger partial charge in [0.15, 0.2) is 0 Å². The van der Waals surface area contributed by atoms with Crippen molar-refractivity contribution < 1.29 is 9.59 Å². The number of aromatic nitrogens is 1. The maximum absolute atomic E-state index is 12.2.